The Labute approximate surface area is 135 Å². The fourth-order valence-electron chi connectivity index (χ4n) is 1.34. The number of pyridine rings is 2. The third-order valence-electron chi connectivity index (χ3n) is 2.41. The number of carbonyl (C=O) groups is 1. The standard InChI is InChI=1S/C7H7ClFNO.C7H5ClFNO/c2*8-2-7(11)5-1-6(9)4-10-3-5/h1,3-4,7,11H,2H2;1,3-4H,2H2/t7-;/m0./s1. The second-order valence-electron chi connectivity index (χ2n) is 4.06. The third-order valence-corrected chi connectivity index (χ3v) is 2.94. The first-order chi connectivity index (χ1) is 10.5. The van der Waals surface area contributed by atoms with E-state index in [1.54, 1.807) is 0 Å². The van der Waals surface area contributed by atoms with Crippen LogP contribution < -0.4 is 0 Å². The van der Waals surface area contributed by atoms with Gasteiger partial charge in [0.15, 0.2) is 5.78 Å². The molecule has 0 saturated heterocycles. The summed E-state index contributed by atoms with van der Waals surface area (Å²) in [4.78, 5) is 17.9. The molecule has 2 rings (SSSR count). The van der Waals surface area contributed by atoms with Gasteiger partial charge < -0.3 is 5.11 Å². The SMILES string of the molecule is O=C(CCl)c1cncc(F)c1.O[C@@H](CCl)c1cncc(F)c1. The van der Waals surface area contributed by atoms with Gasteiger partial charge in [-0.1, -0.05) is 0 Å². The lowest BCUT2D eigenvalue weighted by Crippen LogP contribution is -2.01. The summed E-state index contributed by atoms with van der Waals surface area (Å²) in [5, 5.41) is 9.12. The molecule has 2 aromatic rings. The van der Waals surface area contributed by atoms with Gasteiger partial charge in [0.05, 0.1) is 30.3 Å². The summed E-state index contributed by atoms with van der Waals surface area (Å²) >= 11 is 10.6. The summed E-state index contributed by atoms with van der Waals surface area (Å²) in [5.41, 5.74) is 0.611. The number of hydrogen-bond acceptors (Lipinski definition) is 4. The Hall–Kier alpha value is -1.63. The van der Waals surface area contributed by atoms with Crippen LogP contribution in [0.1, 0.15) is 22.0 Å². The van der Waals surface area contributed by atoms with Crippen LogP contribution in [0.2, 0.25) is 0 Å². The fraction of sp³-hybridized carbons (Fsp3) is 0.214. The van der Waals surface area contributed by atoms with E-state index in [1.807, 2.05) is 0 Å². The first-order valence-corrected chi connectivity index (χ1v) is 7.09. The number of halogens is 4. The van der Waals surface area contributed by atoms with Gasteiger partial charge in [-0.3, -0.25) is 14.8 Å². The lowest BCUT2D eigenvalue weighted by atomic mass is 10.2. The normalized spacial score (nSPS) is 11.3. The van der Waals surface area contributed by atoms with Crippen molar-refractivity contribution in [2.24, 2.45) is 0 Å². The van der Waals surface area contributed by atoms with Crippen molar-refractivity contribution in [2.75, 3.05) is 11.8 Å². The molecule has 0 spiro atoms. The molecule has 1 atom stereocenters. The van der Waals surface area contributed by atoms with Crippen molar-refractivity contribution in [1.82, 2.24) is 9.97 Å². The van der Waals surface area contributed by atoms with Gasteiger partial charge in [-0.25, -0.2) is 8.78 Å². The van der Waals surface area contributed by atoms with Crippen molar-refractivity contribution in [3.05, 3.63) is 59.7 Å². The van der Waals surface area contributed by atoms with Crippen molar-refractivity contribution < 1.29 is 18.7 Å². The molecule has 4 nitrogen and oxygen atoms in total. The van der Waals surface area contributed by atoms with Crippen LogP contribution in [-0.4, -0.2) is 32.6 Å². The molecule has 8 heteroatoms. The predicted octanol–water partition coefficient (Wildman–Crippen LogP) is 3.14. The molecule has 0 radical (unpaired) electrons. The van der Waals surface area contributed by atoms with E-state index in [9.17, 15) is 13.6 Å². The number of nitrogens with zero attached hydrogens (tertiary/aromatic N) is 2. The van der Waals surface area contributed by atoms with Crippen LogP contribution in [0.4, 0.5) is 8.78 Å². The topological polar surface area (TPSA) is 63.1 Å². The minimum Gasteiger partial charge on any atom is -0.387 e. The average Bonchev–Trinajstić information content (AvgIpc) is 2.54. The number of ketones is 1. The van der Waals surface area contributed by atoms with Gasteiger partial charge in [0.25, 0.3) is 0 Å². The van der Waals surface area contributed by atoms with E-state index in [-0.39, 0.29) is 23.1 Å². The van der Waals surface area contributed by atoms with Crippen molar-refractivity contribution in [3.8, 4) is 0 Å². The molecule has 2 aromatic heterocycles. The molecule has 118 valence electrons. The molecule has 0 unspecified atom stereocenters. The highest BCUT2D eigenvalue weighted by molar-refractivity contribution is 6.30. The third kappa shape index (κ3) is 6.01. The molecule has 2 heterocycles. The van der Waals surface area contributed by atoms with Crippen LogP contribution in [-0.2, 0) is 0 Å². The summed E-state index contributed by atoms with van der Waals surface area (Å²) in [6.07, 6.45) is 3.94. The van der Waals surface area contributed by atoms with Gasteiger partial charge in [-0.05, 0) is 12.1 Å². The Morgan fingerprint density at radius 3 is 2.18 bits per heavy atom. The van der Waals surface area contributed by atoms with Crippen molar-refractivity contribution in [2.45, 2.75) is 6.10 Å². The van der Waals surface area contributed by atoms with Gasteiger partial charge >= 0.3 is 0 Å². The number of carbonyl (C=O) groups excluding carboxylic acids is 1. The molecule has 0 bridgehead atoms. The number of aliphatic hydroxyl groups is 1. The Morgan fingerprint density at radius 2 is 1.68 bits per heavy atom. The molecule has 0 aliphatic carbocycles. The van der Waals surface area contributed by atoms with E-state index in [4.69, 9.17) is 28.3 Å². The van der Waals surface area contributed by atoms with Crippen LogP contribution >= 0.6 is 23.2 Å². The molecule has 0 aromatic carbocycles. The van der Waals surface area contributed by atoms with E-state index in [1.165, 1.54) is 18.5 Å². The molecule has 0 aliphatic heterocycles. The van der Waals surface area contributed by atoms with Crippen molar-refractivity contribution in [1.29, 1.82) is 0 Å². The number of Topliss-reactive ketones (excluding diaryl/α,β-unsaturated/α-hetero) is 1. The van der Waals surface area contributed by atoms with Gasteiger partial charge in [0, 0.05) is 23.5 Å². The second-order valence-corrected chi connectivity index (χ2v) is 4.63. The van der Waals surface area contributed by atoms with Crippen LogP contribution in [0.25, 0.3) is 0 Å². The lowest BCUT2D eigenvalue weighted by molar-refractivity contribution is 0.102. The zero-order valence-corrected chi connectivity index (χ0v) is 12.7. The minimum absolute atomic E-state index is 0.0468. The van der Waals surface area contributed by atoms with Crippen LogP contribution in [0, 0.1) is 11.6 Å². The van der Waals surface area contributed by atoms with Crippen molar-refractivity contribution >= 4 is 29.0 Å². The number of aliphatic hydroxyl groups excluding tert-OH is 1. The maximum Gasteiger partial charge on any atom is 0.179 e. The Bertz CT molecular complexity index is 629. The molecule has 0 fully saturated rings. The average molecular weight is 349 g/mol. The van der Waals surface area contributed by atoms with Crippen molar-refractivity contribution in [3.63, 3.8) is 0 Å². The van der Waals surface area contributed by atoms with Gasteiger partial charge in [0.2, 0.25) is 0 Å². The predicted molar refractivity (Wildman–Crippen MR) is 79.1 cm³/mol. The van der Waals surface area contributed by atoms with Gasteiger partial charge in [-0.2, -0.15) is 0 Å². The Morgan fingerprint density at radius 1 is 1.09 bits per heavy atom. The van der Waals surface area contributed by atoms with Gasteiger partial charge in [0.1, 0.15) is 11.6 Å². The monoisotopic (exact) mass is 348 g/mol. The number of alkyl halides is 2. The Balaban J connectivity index is 0.000000220. The Kier molecular flexibility index (Phi) is 7.87. The zero-order chi connectivity index (χ0) is 16.5. The largest absolute Gasteiger partial charge is 0.387 e. The number of hydrogen-bond donors (Lipinski definition) is 1. The fourth-order valence-corrected chi connectivity index (χ4v) is 1.67. The molecule has 0 saturated carbocycles. The van der Waals surface area contributed by atoms with Crippen LogP contribution in [0.5, 0.6) is 0 Å². The summed E-state index contributed by atoms with van der Waals surface area (Å²) < 4.78 is 24.9. The van der Waals surface area contributed by atoms with Crippen LogP contribution in [0.3, 0.4) is 0 Å². The first kappa shape index (κ1) is 18.4. The molecule has 0 amide bonds. The summed E-state index contributed by atoms with van der Waals surface area (Å²) in [6, 6.07) is 2.32. The lowest BCUT2D eigenvalue weighted by Gasteiger charge is -2.04. The highest BCUT2D eigenvalue weighted by Gasteiger charge is 2.06. The highest BCUT2D eigenvalue weighted by Crippen LogP contribution is 2.13. The quantitative estimate of drug-likeness (QED) is 0.681. The molecule has 0 aliphatic rings. The maximum absolute atomic E-state index is 12.4. The smallest absolute Gasteiger partial charge is 0.179 e. The summed E-state index contributed by atoms with van der Waals surface area (Å²) in [7, 11) is 0. The zero-order valence-electron chi connectivity index (χ0n) is 11.2. The van der Waals surface area contributed by atoms with Gasteiger partial charge in [-0.15, -0.1) is 23.2 Å². The molecular formula is C14H12Cl2F2N2O2. The second kappa shape index (κ2) is 9.40. The summed E-state index contributed by atoms with van der Waals surface area (Å²) in [6.45, 7) is 0. The van der Waals surface area contributed by atoms with E-state index >= 15 is 0 Å². The van der Waals surface area contributed by atoms with Crippen LogP contribution in [0.15, 0.2) is 36.9 Å². The molecule has 1 N–H and O–H groups in total. The van der Waals surface area contributed by atoms with E-state index in [0.717, 1.165) is 18.5 Å². The molecule has 22 heavy (non-hydrogen) atoms. The number of rotatable bonds is 4. The molecular weight excluding hydrogens is 337 g/mol. The van der Waals surface area contributed by atoms with E-state index in [0.29, 0.717) is 5.56 Å². The number of aromatic nitrogens is 2. The summed E-state index contributed by atoms with van der Waals surface area (Å²) in [5.74, 6) is -1.41. The van der Waals surface area contributed by atoms with E-state index in [2.05, 4.69) is 9.97 Å². The minimum atomic E-state index is -0.833. The highest BCUT2D eigenvalue weighted by atomic mass is 35.5. The maximum atomic E-state index is 12.4. The van der Waals surface area contributed by atoms with E-state index < -0.39 is 17.7 Å². The first-order valence-electron chi connectivity index (χ1n) is 6.02.